The molecule has 5 nitrogen and oxygen atoms in total. The van der Waals surface area contributed by atoms with E-state index in [1.165, 1.54) is 31.4 Å². The number of methoxy groups -OCH3 is 1. The number of nitrogens with one attached hydrogen (secondary N) is 2. The molecule has 1 amide bonds. The maximum atomic E-state index is 14.1. The third-order valence-electron chi connectivity index (χ3n) is 3.53. The van der Waals surface area contributed by atoms with Gasteiger partial charge in [-0.3, -0.25) is 9.89 Å². The Kier molecular flexibility index (Phi) is 4.85. The summed E-state index contributed by atoms with van der Waals surface area (Å²) in [6.45, 7) is -0.166. The quantitative estimate of drug-likeness (QED) is 0.744. The van der Waals surface area contributed by atoms with Gasteiger partial charge in [-0.15, -0.1) is 0 Å². The maximum Gasteiger partial charge on any atom is 0.250 e. The van der Waals surface area contributed by atoms with Crippen LogP contribution in [0.4, 0.5) is 14.5 Å². The van der Waals surface area contributed by atoms with Crippen molar-refractivity contribution in [2.24, 2.45) is 0 Å². The van der Waals surface area contributed by atoms with Crippen molar-refractivity contribution in [3.05, 3.63) is 59.3 Å². The molecule has 0 saturated heterocycles. The van der Waals surface area contributed by atoms with Crippen LogP contribution in [0.2, 0.25) is 0 Å². The van der Waals surface area contributed by atoms with Crippen LogP contribution in [0.25, 0.3) is 23.1 Å². The normalized spacial score (nSPS) is 11.3. The Bertz CT molecular complexity index is 933. The first-order valence-electron chi connectivity index (χ1n) is 7.47. The van der Waals surface area contributed by atoms with Gasteiger partial charge in [-0.2, -0.15) is 5.10 Å². The van der Waals surface area contributed by atoms with Gasteiger partial charge in [0, 0.05) is 18.6 Å². The molecule has 0 atom stereocenters. The number of halogens is 2. The van der Waals surface area contributed by atoms with Crippen molar-refractivity contribution in [1.82, 2.24) is 10.2 Å². The monoisotopic (exact) mass is 343 g/mol. The molecule has 128 valence electrons. The number of nitrogens with zero attached hydrogens (tertiary/aromatic N) is 1. The van der Waals surface area contributed by atoms with E-state index in [0.29, 0.717) is 16.6 Å². The number of rotatable bonds is 5. The third-order valence-corrected chi connectivity index (χ3v) is 3.53. The molecule has 0 aliphatic rings. The van der Waals surface area contributed by atoms with Crippen molar-refractivity contribution in [2.75, 3.05) is 19.0 Å². The average molecular weight is 343 g/mol. The fourth-order valence-electron chi connectivity index (χ4n) is 2.35. The molecule has 0 bridgehead atoms. The number of carbonyl (C=O) groups is 1. The van der Waals surface area contributed by atoms with E-state index in [1.807, 2.05) is 0 Å². The molecule has 3 aromatic rings. The number of amides is 1. The Morgan fingerprint density at radius 1 is 1.24 bits per heavy atom. The molecule has 2 N–H and O–H groups in total. The Balaban J connectivity index is 1.91. The van der Waals surface area contributed by atoms with Crippen molar-refractivity contribution >= 4 is 34.6 Å². The van der Waals surface area contributed by atoms with Crippen LogP contribution in [0.3, 0.4) is 0 Å². The molecule has 3 rings (SSSR count). The summed E-state index contributed by atoms with van der Waals surface area (Å²) in [5, 5.41) is 9.98. The molecular weight excluding hydrogens is 328 g/mol. The maximum absolute atomic E-state index is 14.1. The van der Waals surface area contributed by atoms with Crippen LogP contribution in [0.1, 0.15) is 11.3 Å². The second kappa shape index (κ2) is 7.23. The predicted molar refractivity (Wildman–Crippen MR) is 91.9 cm³/mol. The van der Waals surface area contributed by atoms with Crippen molar-refractivity contribution in [3.8, 4) is 0 Å². The van der Waals surface area contributed by atoms with Crippen LogP contribution in [0.5, 0.6) is 0 Å². The first-order valence-corrected chi connectivity index (χ1v) is 7.47. The SMILES string of the molecule is COCC(=O)Nc1cc2c(C=Cc3ccc(F)cc3)n[nH]c2cc1F. The van der Waals surface area contributed by atoms with Gasteiger partial charge in [-0.05, 0) is 29.8 Å². The minimum Gasteiger partial charge on any atom is -0.375 e. The van der Waals surface area contributed by atoms with E-state index < -0.39 is 11.7 Å². The summed E-state index contributed by atoms with van der Waals surface area (Å²) in [7, 11) is 1.38. The highest BCUT2D eigenvalue weighted by molar-refractivity contribution is 5.97. The van der Waals surface area contributed by atoms with Gasteiger partial charge in [0.05, 0.1) is 16.9 Å². The van der Waals surface area contributed by atoms with Gasteiger partial charge >= 0.3 is 0 Å². The van der Waals surface area contributed by atoms with Crippen LogP contribution in [0.15, 0.2) is 36.4 Å². The molecule has 0 saturated carbocycles. The van der Waals surface area contributed by atoms with Crippen molar-refractivity contribution in [3.63, 3.8) is 0 Å². The second-order valence-electron chi connectivity index (χ2n) is 5.35. The first kappa shape index (κ1) is 16.8. The molecule has 0 aliphatic carbocycles. The molecule has 1 heterocycles. The zero-order valence-electron chi connectivity index (χ0n) is 13.3. The summed E-state index contributed by atoms with van der Waals surface area (Å²) < 4.78 is 31.7. The summed E-state index contributed by atoms with van der Waals surface area (Å²) in [5.74, 6) is -1.34. The zero-order valence-corrected chi connectivity index (χ0v) is 13.3. The molecule has 0 unspecified atom stereocenters. The number of fused-ring (bicyclic) bond motifs is 1. The van der Waals surface area contributed by atoms with Gasteiger partial charge in [0.2, 0.25) is 5.91 Å². The largest absolute Gasteiger partial charge is 0.375 e. The number of anilines is 1. The molecule has 7 heteroatoms. The van der Waals surface area contributed by atoms with Crippen LogP contribution in [-0.2, 0) is 9.53 Å². The minimum absolute atomic E-state index is 0.0485. The predicted octanol–water partition coefficient (Wildman–Crippen LogP) is 3.60. The zero-order chi connectivity index (χ0) is 17.8. The molecule has 2 aromatic carbocycles. The van der Waals surface area contributed by atoms with Crippen molar-refractivity contribution in [2.45, 2.75) is 0 Å². The van der Waals surface area contributed by atoms with Gasteiger partial charge in [0.15, 0.2) is 0 Å². The van der Waals surface area contributed by atoms with Crippen LogP contribution >= 0.6 is 0 Å². The molecule has 1 aromatic heterocycles. The summed E-state index contributed by atoms with van der Waals surface area (Å²) in [4.78, 5) is 11.6. The van der Waals surface area contributed by atoms with Gasteiger partial charge in [-0.25, -0.2) is 8.78 Å². The van der Waals surface area contributed by atoms with E-state index >= 15 is 0 Å². The van der Waals surface area contributed by atoms with E-state index in [-0.39, 0.29) is 18.1 Å². The Morgan fingerprint density at radius 3 is 2.72 bits per heavy atom. The standard InChI is InChI=1S/C18H15F2N3O2/c1-25-10-18(24)21-17-8-13-15(22-23-16(13)9-14(17)20)7-4-11-2-5-12(19)6-3-11/h2-9H,10H2,1H3,(H,21,24)(H,22,23). The van der Waals surface area contributed by atoms with E-state index in [4.69, 9.17) is 4.74 Å². The smallest absolute Gasteiger partial charge is 0.250 e. The van der Waals surface area contributed by atoms with Crippen molar-refractivity contribution < 1.29 is 18.3 Å². The van der Waals surface area contributed by atoms with E-state index in [9.17, 15) is 13.6 Å². The lowest BCUT2D eigenvalue weighted by Gasteiger charge is -2.06. The van der Waals surface area contributed by atoms with Gasteiger partial charge in [-0.1, -0.05) is 18.2 Å². The highest BCUT2D eigenvalue weighted by atomic mass is 19.1. The summed E-state index contributed by atoms with van der Waals surface area (Å²) >= 11 is 0. The first-order chi connectivity index (χ1) is 12.1. The van der Waals surface area contributed by atoms with E-state index in [2.05, 4.69) is 15.5 Å². The molecule has 0 radical (unpaired) electrons. The topological polar surface area (TPSA) is 67.0 Å². The molecule has 25 heavy (non-hydrogen) atoms. The lowest BCUT2D eigenvalue weighted by molar-refractivity contribution is -0.119. The molecule has 0 aliphatic heterocycles. The van der Waals surface area contributed by atoms with Crippen LogP contribution in [-0.4, -0.2) is 29.8 Å². The summed E-state index contributed by atoms with van der Waals surface area (Å²) in [6.07, 6.45) is 3.49. The Hall–Kier alpha value is -3.06. The molecule has 0 fully saturated rings. The molecule has 0 spiro atoms. The highest BCUT2D eigenvalue weighted by Gasteiger charge is 2.12. The number of hydrogen-bond acceptors (Lipinski definition) is 3. The Morgan fingerprint density at radius 2 is 2.00 bits per heavy atom. The second-order valence-corrected chi connectivity index (χ2v) is 5.35. The number of H-pyrrole nitrogens is 1. The summed E-state index contributed by atoms with van der Waals surface area (Å²) in [6, 6.07) is 8.77. The van der Waals surface area contributed by atoms with Crippen molar-refractivity contribution in [1.29, 1.82) is 0 Å². The number of carbonyl (C=O) groups excluding carboxylic acids is 1. The number of aromatic amines is 1. The lowest BCUT2D eigenvalue weighted by atomic mass is 10.1. The number of ether oxygens (including phenoxy) is 1. The third kappa shape index (κ3) is 3.89. The average Bonchev–Trinajstić information content (AvgIpc) is 2.97. The lowest BCUT2D eigenvalue weighted by Crippen LogP contribution is -2.17. The van der Waals surface area contributed by atoms with Gasteiger partial charge in [0.25, 0.3) is 0 Å². The van der Waals surface area contributed by atoms with E-state index in [1.54, 1.807) is 24.3 Å². The van der Waals surface area contributed by atoms with E-state index in [0.717, 1.165) is 5.56 Å². The fourth-order valence-corrected chi connectivity index (χ4v) is 2.35. The highest BCUT2D eigenvalue weighted by Crippen LogP contribution is 2.25. The number of benzene rings is 2. The van der Waals surface area contributed by atoms with Gasteiger partial charge in [0.1, 0.15) is 18.2 Å². The molecular formula is C18H15F2N3O2. The van der Waals surface area contributed by atoms with Crippen LogP contribution in [0, 0.1) is 11.6 Å². The fraction of sp³-hybridized carbons (Fsp3) is 0.111. The minimum atomic E-state index is -0.574. The number of aromatic nitrogens is 2. The summed E-state index contributed by atoms with van der Waals surface area (Å²) in [5.41, 5.74) is 1.92. The van der Waals surface area contributed by atoms with Crippen LogP contribution < -0.4 is 5.32 Å². The Labute approximate surface area is 142 Å². The van der Waals surface area contributed by atoms with Gasteiger partial charge < -0.3 is 10.1 Å². The number of hydrogen-bond donors (Lipinski definition) is 2.